The monoisotopic (exact) mass is 220 g/mol. The molecule has 1 rings (SSSR count). The van der Waals surface area contributed by atoms with Gasteiger partial charge in [-0.05, 0) is 31.5 Å². The molecule has 0 spiro atoms. The van der Waals surface area contributed by atoms with E-state index < -0.39 is 0 Å². The molecule has 0 atom stereocenters. The molecule has 2 nitrogen and oxygen atoms in total. The largest absolute Gasteiger partial charge is 0.371 e. The Balaban J connectivity index is 2.53. The summed E-state index contributed by atoms with van der Waals surface area (Å²) in [5.41, 5.74) is 2.65. The van der Waals surface area contributed by atoms with Gasteiger partial charge in [0.15, 0.2) is 0 Å². The van der Waals surface area contributed by atoms with Crippen LogP contribution < -0.4 is 10.2 Å². The normalized spacial score (nSPS) is 10.8. The molecule has 1 aromatic carbocycles. The van der Waals surface area contributed by atoms with Crippen molar-refractivity contribution in [1.29, 1.82) is 0 Å². The second-order valence-corrected chi connectivity index (χ2v) is 4.53. The smallest absolute Gasteiger partial charge is 0.0369 e. The molecule has 0 radical (unpaired) electrons. The second-order valence-electron chi connectivity index (χ2n) is 4.53. The molecule has 0 bridgehead atoms. The maximum atomic E-state index is 3.45. The van der Waals surface area contributed by atoms with Crippen molar-refractivity contribution in [3.8, 4) is 0 Å². The Morgan fingerprint density at radius 1 is 1.31 bits per heavy atom. The van der Waals surface area contributed by atoms with E-state index in [-0.39, 0.29) is 0 Å². The van der Waals surface area contributed by atoms with Crippen LogP contribution in [-0.2, 0) is 0 Å². The summed E-state index contributed by atoms with van der Waals surface area (Å²) in [6, 6.07) is 9.27. The quantitative estimate of drug-likeness (QED) is 0.793. The Morgan fingerprint density at radius 2 is 2.06 bits per heavy atom. The van der Waals surface area contributed by atoms with Gasteiger partial charge in [-0.15, -0.1) is 0 Å². The van der Waals surface area contributed by atoms with Crippen LogP contribution in [0.15, 0.2) is 24.3 Å². The van der Waals surface area contributed by atoms with Crippen molar-refractivity contribution in [2.75, 3.05) is 24.5 Å². The van der Waals surface area contributed by atoms with Crippen LogP contribution in [-0.4, -0.2) is 25.7 Å². The van der Waals surface area contributed by atoms with E-state index in [1.165, 1.54) is 11.3 Å². The molecular weight excluding hydrogens is 196 g/mol. The van der Waals surface area contributed by atoms with Crippen LogP contribution in [0.25, 0.3) is 0 Å². The molecule has 0 aromatic heterocycles. The highest BCUT2D eigenvalue weighted by Gasteiger charge is 2.03. The minimum atomic E-state index is 0.566. The molecule has 1 N–H and O–H groups in total. The van der Waals surface area contributed by atoms with Crippen molar-refractivity contribution in [1.82, 2.24) is 5.32 Å². The van der Waals surface area contributed by atoms with Crippen molar-refractivity contribution < 1.29 is 0 Å². The Hall–Kier alpha value is -1.02. The van der Waals surface area contributed by atoms with Crippen molar-refractivity contribution in [3.05, 3.63) is 29.8 Å². The lowest BCUT2D eigenvalue weighted by Gasteiger charge is -2.24. The van der Waals surface area contributed by atoms with Crippen LogP contribution in [0.3, 0.4) is 0 Å². The lowest BCUT2D eigenvalue weighted by Crippen LogP contribution is -2.34. The predicted molar refractivity (Wildman–Crippen MR) is 72.2 cm³/mol. The molecule has 90 valence electrons. The third kappa shape index (κ3) is 4.23. The lowest BCUT2D eigenvalue weighted by molar-refractivity contribution is 0.583. The number of anilines is 1. The van der Waals surface area contributed by atoms with E-state index in [1.807, 2.05) is 0 Å². The summed E-state index contributed by atoms with van der Waals surface area (Å²) in [7, 11) is 0. The lowest BCUT2D eigenvalue weighted by atomic mass is 10.2. The third-order valence-electron chi connectivity index (χ3n) is 2.68. The number of hydrogen-bond acceptors (Lipinski definition) is 2. The first-order valence-electron chi connectivity index (χ1n) is 6.18. The van der Waals surface area contributed by atoms with Crippen molar-refractivity contribution >= 4 is 5.69 Å². The molecule has 0 amide bonds. The number of nitrogens with zero attached hydrogens (tertiary/aromatic N) is 1. The maximum absolute atomic E-state index is 3.45. The number of likely N-dealkylation sites (N-methyl/N-ethyl adjacent to an activating group) is 1. The molecule has 16 heavy (non-hydrogen) atoms. The highest BCUT2D eigenvalue weighted by Crippen LogP contribution is 2.14. The summed E-state index contributed by atoms with van der Waals surface area (Å²) in [5.74, 6) is 0. The van der Waals surface area contributed by atoms with Crippen LogP contribution in [0.5, 0.6) is 0 Å². The van der Waals surface area contributed by atoms with E-state index in [0.29, 0.717) is 6.04 Å². The van der Waals surface area contributed by atoms with Gasteiger partial charge in [0.25, 0.3) is 0 Å². The van der Waals surface area contributed by atoms with E-state index in [0.717, 1.165) is 19.6 Å². The van der Waals surface area contributed by atoms with E-state index >= 15 is 0 Å². The van der Waals surface area contributed by atoms with Crippen molar-refractivity contribution in [3.63, 3.8) is 0 Å². The zero-order valence-corrected chi connectivity index (χ0v) is 11.0. The SMILES string of the molecule is CCN(CCNC(C)C)c1cccc(C)c1. The Kier molecular flexibility index (Phi) is 5.33. The fourth-order valence-electron chi connectivity index (χ4n) is 1.78. The third-order valence-corrected chi connectivity index (χ3v) is 2.68. The van der Waals surface area contributed by atoms with Crippen LogP contribution in [0.4, 0.5) is 5.69 Å². The minimum Gasteiger partial charge on any atom is -0.371 e. The molecule has 0 saturated heterocycles. The van der Waals surface area contributed by atoms with Crippen LogP contribution in [0.1, 0.15) is 26.3 Å². The summed E-state index contributed by atoms with van der Waals surface area (Å²) in [4.78, 5) is 2.41. The summed E-state index contributed by atoms with van der Waals surface area (Å²) in [5, 5.41) is 3.45. The molecule has 1 aromatic rings. The highest BCUT2D eigenvalue weighted by atomic mass is 15.1. The zero-order chi connectivity index (χ0) is 12.0. The van der Waals surface area contributed by atoms with Gasteiger partial charge < -0.3 is 10.2 Å². The number of nitrogens with one attached hydrogen (secondary N) is 1. The van der Waals surface area contributed by atoms with Crippen molar-refractivity contribution in [2.24, 2.45) is 0 Å². The average molecular weight is 220 g/mol. The Bertz CT molecular complexity index is 307. The van der Waals surface area contributed by atoms with Crippen LogP contribution in [0, 0.1) is 6.92 Å². The highest BCUT2D eigenvalue weighted by molar-refractivity contribution is 5.48. The van der Waals surface area contributed by atoms with Gasteiger partial charge in [0.05, 0.1) is 0 Å². The molecule has 0 unspecified atom stereocenters. The Labute approximate surface area is 99.7 Å². The minimum absolute atomic E-state index is 0.566. The first-order chi connectivity index (χ1) is 7.63. The molecule has 0 heterocycles. The molecule has 0 aliphatic rings. The van der Waals surface area contributed by atoms with E-state index in [9.17, 15) is 0 Å². The van der Waals surface area contributed by atoms with Gasteiger partial charge in [-0.25, -0.2) is 0 Å². The molecule has 0 aliphatic carbocycles. The molecule has 2 heteroatoms. The number of aryl methyl sites for hydroxylation is 1. The fraction of sp³-hybridized carbons (Fsp3) is 0.571. The first kappa shape index (κ1) is 13.0. The van der Waals surface area contributed by atoms with Crippen LogP contribution >= 0.6 is 0 Å². The average Bonchev–Trinajstić information content (AvgIpc) is 2.24. The summed E-state index contributed by atoms with van der Waals surface area (Å²) in [6.07, 6.45) is 0. The summed E-state index contributed by atoms with van der Waals surface area (Å²) < 4.78 is 0. The molecule has 0 saturated carbocycles. The molecule has 0 fully saturated rings. The van der Waals surface area contributed by atoms with Crippen LogP contribution in [0.2, 0.25) is 0 Å². The standard InChI is InChI=1S/C14H24N2/c1-5-16(10-9-15-12(2)3)14-8-6-7-13(4)11-14/h6-8,11-12,15H,5,9-10H2,1-4H3. The van der Waals surface area contributed by atoms with Gasteiger partial charge in [-0.2, -0.15) is 0 Å². The number of rotatable bonds is 6. The van der Waals surface area contributed by atoms with E-state index in [2.05, 4.69) is 62.2 Å². The topological polar surface area (TPSA) is 15.3 Å². The predicted octanol–water partition coefficient (Wildman–Crippen LogP) is 2.82. The van der Waals surface area contributed by atoms with Gasteiger partial charge in [-0.1, -0.05) is 26.0 Å². The first-order valence-corrected chi connectivity index (χ1v) is 6.18. The van der Waals surface area contributed by atoms with E-state index in [1.54, 1.807) is 0 Å². The molecule has 0 aliphatic heterocycles. The second kappa shape index (κ2) is 6.54. The molecular formula is C14H24N2. The zero-order valence-electron chi connectivity index (χ0n) is 11.0. The van der Waals surface area contributed by atoms with E-state index in [4.69, 9.17) is 0 Å². The number of hydrogen-bond donors (Lipinski definition) is 1. The van der Waals surface area contributed by atoms with Gasteiger partial charge in [0.2, 0.25) is 0 Å². The maximum Gasteiger partial charge on any atom is 0.0369 e. The number of benzene rings is 1. The summed E-state index contributed by atoms with van der Waals surface area (Å²) >= 11 is 0. The van der Waals surface area contributed by atoms with Gasteiger partial charge >= 0.3 is 0 Å². The fourth-order valence-corrected chi connectivity index (χ4v) is 1.78. The summed E-state index contributed by atoms with van der Waals surface area (Å²) in [6.45, 7) is 11.9. The van der Waals surface area contributed by atoms with Gasteiger partial charge in [0.1, 0.15) is 0 Å². The van der Waals surface area contributed by atoms with Gasteiger partial charge in [0, 0.05) is 31.4 Å². The van der Waals surface area contributed by atoms with Crippen molar-refractivity contribution in [2.45, 2.75) is 33.7 Å². The Morgan fingerprint density at radius 3 is 2.62 bits per heavy atom. The van der Waals surface area contributed by atoms with Gasteiger partial charge in [-0.3, -0.25) is 0 Å².